The first kappa shape index (κ1) is 17.8. The molecule has 1 saturated carbocycles. The minimum atomic E-state index is -0.0956. The molecule has 1 N–H and O–H groups in total. The van der Waals surface area contributed by atoms with E-state index in [0.29, 0.717) is 18.1 Å². The lowest BCUT2D eigenvalue weighted by molar-refractivity contribution is -0.112. The first-order valence-corrected chi connectivity index (χ1v) is 10.0. The Kier molecular flexibility index (Phi) is 5.52. The number of amides is 1. The Bertz CT molecular complexity index is 825. The highest BCUT2D eigenvalue weighted by Crippen LogP contribution is 2.41. The van der Waals surface area contributed by atoms with E-state index in [0.717, 1.165) is 18.0 Å². The van der Waals surface area contributed by atoms with Crippen molar-refractivity contribution in [3.05, 3.63) is 65.4 Å². The van der Waals surface area contributed by atoms with Gasteiger partial charge in [-0.25, -0.2) is 4.98 Å². The number of rotatable bonds is 3. The van der Waals surface area contributed by atoms with Crippen LogP contribution in [0.5, 0.6) is 5.88 Å². The lowest BCUT2D eigenvalue weighted by Gasteiger charge is -2.21. The van der Waals surface area contributed by atoms with Crippen LogP contribution in [0.15, 0.2) is 54.3 Å². The lowest BCUT2D eigenvalue weighted by Crippen LogP contribution is -2.17. The Morgan fingerprint density at radius 3 is 2.67 bits per heavy atom. The number of aromatic nitrogens is 1. The van der Waals surface area contributed by atoms with Crippen molar-refractivity contribution < 1.29 is 9.53 Å². The maximum absolute atomic E-state index is 12.9. The number of hydrogen-bond donors (Lipinski definition) is 1. The second-order valence-electron chi connectivity index (χ2n) is 7.36. The Morgan fingerprint density at radius 1 is 1.04 bits per heavy atom. The van der Waals surface area contributed by atoms with Crippen molar-refractivity contribution in [3.8, 4) is 5.88 Å². The normalized spacial score (nSPS) is 21.9. The molecule has 0 bridgehead atoms. The number of fused-ring (bicyclic) bond motifs is 1. The van der Waals surface area contributed by atoms with Crippen molar-refractivity contribution in [1.82, 2.24) is 4.98 Å². The molecule has 27 heavy (non-hydrogen) atoms. The highest BCUT2D eigenvalue weighted by atomic mass is 16.5. The van der Waals surface area contributed by atoms with E-state index < -0.39 is 0 Å². The van der Waals surface area contributed by atoms with Crippen LogP contribution < -0.4 is 10.1 Å². The molecule has 1 aliphatic heterocycles. The Labute approximate surface area is 160 Å². The molecule has 2 heterocycles. The molecule has 140 valence electrons. The average molecular weight is 362 g/mol. The molecule has 0 radical (unpaired) electrons. The second-order valence-corrected chi connectivity index (χ2v) is 7.36. The number of ether oxygens (including phenoxy) is 1. The van der Waals surface area contributed by atoms with E-state index in [1.54, 1.807) is 6.20 Å². The van der Waals surface area contributed by atoms with E-state index in [4.69, 9.17) is 4.74 Å². The van der Waals surface area contributed by atoms with E-state index in [9.17, 15) is 4.79 Å². The molecule has 0 unspecified atom stereocenters. The first-order chi connectivity index (χ1) is 13.3. The monoisotopic (exact) mass is 362 g/mol. The third-order valence-corrected chi connectivity index (χ3v) is 5.55. The number of pyridine rings is 1. The van der Waals surface area contributed by atoms with Gasteiger partial charge in [0.1, 0.15) is 0 Å². The van der Waals surface area contributed by atoms with E-state index in [-0.39, 0.29) is 5.91 Å². The largest absolute Gasteiger partial charge is 0.477 e. The van der Waals surface area contributed by atoms with Crippen LogP contribution in [0.4, 0.5) is 5.69 Å². The van der Waals surface area contributed by atoms with Crippen LogP contribution in [0.25, 0.3) is 0 Å². The molecule has 2 aliphatic carbocycles. The topological polar surface area (TPSA) is 51.2 Å². The Balaban J connectivity index is 1.65. The minimum absolute atomic E-state index is 0.0956. The zero-order valence-corrected chi connectivity index (χ0v) is 15.6. The predicted octanol–water partition coefficient (Wildman–Crippen LogP) is 5.00. The SMILES string of the molecule is O=C(Nc1cnc2c(c1C1CCCCCC1)CCO2)C1=C/C=C\C=C/C=C1. The molecule has 0 saturated heterocycles. The molecule has 0 atom stereocenters. The van der Waals surface area contributed by atoms with Gasteiger partial charge in [-0.2, -0.15) is 0 Å². The van der Waals surface area contributed by atoms with Gasteiger partial charge < -0.3 is 10.1 Å². The van der Waals surface area contributed by atoms with Crippen LogP contribution in [-0.2, 0) is 11.2 Å². The fourth-order valence-corrected chi connectivity index (χ4v) is 4.21. The number of carbonyl (C=O) groups excluding carboxylic acids is 1. The molecule has 4 rings (SSSR count). The molecule has 3 aliphatic rings. The van der Waals surface area contributed by atoms with Gasteiger partial charge in [0.15, 0.2) is 0 Å². The van der Waals surface area contributed by atoms with Gasteiger partial charge in [0.2, 0.25) is 5.88 Å². The van der Waals surface area contributed by atoms with Crippen molar-refractivity contribution in [2.75, 3.05) is 11.9 Å². The maximum atomic E-state index is 12.9. The molecule has 0 aromatic carbocycles. The van der Waals surface area contributed by atoms with Crippen molar-refractivity contribution in [2.24, 2.45) is 0 Å². The number of hydrogen-bond acceptors (Lipinski definition) is 3. The molecule has 4 heteroatoms. The van der Waals surface area contributed by atoms with Crippen molar-refractivity contribution in [1.29, 1.82) is 0 Å². The van der Waals surface area contributed by atoms with Gasteiger partial charge in [0.25, 0.3) is 5.91 Å². The summed E-state index contributed by atoms with van der Waals surface area (Å²) < 4.78 is 5.70. The summed E-state index contributed by atoms with van der Waals surface area (Å²) in [5.74, 6) is 1.14. The molecule has 1 aromatic rings. The lowest BCUT2D eigenvalue weighted by atomic mass is 9.87. The van der Waals surface area contributed by atoms with Crippen molar-refractivity contribution in [2.45, 2.75) is 50.9 Å². The molecular weight excluding hydrogens is 336 g/mol. The quantitative estimate of drug-likeness (QED) is 0.770. The van der Waals surface area contributed by atoms with Crippen LogP contribution in [0.1, 0.15) is 55.6 Å². The molecule has 1 fully saturated rings. The first-order valence-electron chi connectivity index (χ1n) is 10.0. The van der Waals surface area contributed by atoms with Crippen molar-refractivity contribution in [3.63, 3.8) is 0 Å². The van der Waals surface area contributed by atoms with E-state index in [2.05, 4.69) is 10.3 Å². The summed E-state index contributed by atoms with van der Waals surface area (Å²) in [7, 11) is 0. The van der Waals surface area contributed by atoms with Gasteiger partial charge in [-0.05, 0) is 36.5 Å². The third kappa shape index (κ3) is 4.05. The van der Waals surface area contributed by atoms with Crippen LogP contribution in [0.3, 0.4) is 0 Å². The van der Waals surface area contributed by atoms with Gasteiger partial charge >= 0.3 is 0 Å². The van der Waals surface area contributed by atoms with Gasteiger partial charge in [-0.15, -0.1) is 0 Å². The number of nitrogens with zero attached hydrogens (tertiary/aromatic N) is 1. The van der Waals surface area contributed by atoms with Crippen LogP contribution in [-0.4, -0.2) is 17.5 Å². The number of anilines is 1. The molecular formula is C23H26N2O2. The molecule has 0 spiro atoms. The zero-order chi connectivity index (χ0) is 18.5. The highest BCUT2D eigenvalue weighted by molar-refractivity contribution is 6.06. The highest BCUT2D eigenvalue weighted by Gasteiger charge is 2.27. The Hall–Kier alpha value is -2.62. The summed E-state index contributed by atoms with van der Waals surface area (Å²) in [6, 6.07) is 0. The standard InChI is InChI=1S/C23H26N2O2/c26-22(18-12-8-2-1-3-9-13-18)25-20-16-24-23-19(14-15-27-23)21(20)17-10-6-4-5-7-11-17/h1-3,8-9,12-13,16-17H,4-7,10-11,14-15H2,(H,25,26)/b2-1-,3-1?,8-2?,9-3-,12-8?,13-9?,18-12?,18-13?. The Morgan fingerprint density at radius 2 is 1.81 bits per heavy atom. The minimum Gasteiger partial charge on any atom is -0.477 e. The summed E-state index contributed by atoms with van der Waals surface area (Å²) >= 11 is 0. The van der Waals surface area contributed by atoms with E-state index >= 15 is 0 Å². The zero-order valence-electron chi connectivity index (χ0n) is 15.6. The predicted molar refractivity (Wildman–Crippen MR) is 108 cm³/mol. The number of allylic oxidation sites excluding steroid dienone is 6. The van der Waals surface area contributed by atoms with Crippen LogP contribution >= 0.6 is 0 Å². The van der Waals surface area contributed by atoms with Gasteiger partial charge in [0.05, 0.1) is 18.5 Å². The molecule has 1 aromatic heterocycles. The molecule has 4 nitrogen and oxygen atoms in total. The van der Waals surface area contributed by atoms with E-state index in [1.807, 2.05) is 42.5 Å². The summed E-state index contributed by atoms with van der Waals surface area (Å²) in [5, 5.41) is 3.14. The van der Waals surface area contributed by atoms with Crippen molar-refractivity contribution >= 4 is 11.6 Å². The summed E-state index contributed by atoms with van der Waals surface area (Å²) in [6.45, 7) is 0.685. The summed E-state index contributed by atoms with van der Waals surface area (Å²) in [4.78, 5) is 17.4. The van der Waals surface area contributed by atoms with Gasteiger partial charge in [-0.1, -0.05) is 56.1 Å². The summed E-state index contributed by atoms with van der Waals surface area (Å²) in [5.41, 5.74) is 3.95. The fraction of sp³-hybridized carbons (Fsp3) is 0.391. The summed E-state index contributed by atoms with van der Waals surface area (Å²) in [6.07, 6.45) is 23.4. The number of carbonyl (C=O) groups is 1. The van der Waals surface area contributed by atoms with E-state index in [1.165, 1.54) is 49.7 Å². The smallest absolute Gasteiger partial charge is 0.255 e. The molecule has 1 amide bonds. The fourth-order valence-electron chi connectivity index (χ4n) is 4.21. The van der Waals surface area contributed by atoms with Crippen LogP contribution in [0, 0.1) is 0 Å². The average Bonchev–Trinajstić information content (AvgIpc) is 2.95. The maximum Gasteiger partial charge on any atom is 0.255 e. The third-order valence-electron chi connectivity index (χ3n) is 5.55. The van der Waals surface area contributed by atoms with Crippen LogP contribution in [0.2, 0.25) is 0 Å². The number of nitrogens with one attached hydrogen (secondary N) is 1. The van der Waals surface area contributed by atoms with Gasteiger partial charge in [-0.3, -0.25) is 4.79 Å². The second kappa shape index (κ2) is 8.38. The van der Waals surface area contributed by atoms with Gasteiger partial charge in [0, 0.05) is 17.6 Å².